The Morgan fingerprint density at radius 1 is 1.28 bits per heavy atom. The minimum atomic E-state index is -0.228. The number of carbonyl (C=O) groups is 2. The summed E-state index contributed by atoms with van der Waals surface area (Å²) in [4.78, 5) is 35.6. The molecular weight excluding hydrogens is 370 g/mol. The summed E-state index contributed by atoms with van der Waals surface area (Å²) in [5, 5.41) is 3.09. The minimum Gasteiger partial charge on any atom is -0.448 e. The van der Waals surface area contributed by atoms with Gasteiger partial charge in [-0.25, -0.2) is 9.97 Å². The fourth-order valence-electron chi connectivity index (χ4n) is 5.17. The molecule has 29 heavy (non-hydrogen) atoms. The lowest BCUT2D eigenvalue weighted by atomic mass is 9.86. The van der Waals surface area contributed by atoms with Gasteiger partial charge in [0.05, 0.1) is 11.6 Å². The molecule has 1 N–H and O–H groups in total. The minimum absolute atomic E-state index is 0.161. The maximum absolute atomic E-state index is 12.8. The molecular formula is C21H27N5O3. The van der Waals surface area contributed by atoms with Crippen molar-refractivity contribution in [1.82, 2.24) is 24.8 Å². The normalized spacial score (nSPS) is 23.1. The Hall–Kier alpha value is -2.64. The number of aromatic nitrogens is 3. The number of hydrogen-bond acceptors (Lipinski definition) is 5. The predicted octanol–water partition coefficient (Wildman–Crippen LogP) is 2.74. The average Bonchev–Trinajstić information content (AvgIpc) is 3.44. The highest BCUT2D eigenvalue weighted by atomic mass is 16.3. The van der Waals surface area contributed by atoms with Crippen molar-refractivity contribution in [2.24, 2.45) is 0 Å². The summed E-state index contributed by atoms with van der Waals surface area (Å²) < 4.78 is 7.77. The quantitative estimate of drug-likeness (QED) is 0.856. The van der Waals surface area contributed by atoms with Crippen molar-refractivity contribution >= 4 is 11.8 Å². The second kappa shape index (κ2) is 7.00. The van der Waals surface area contributed by atoms with E-state index in [0.29, 0.717) is 37.0 Å². The molecule has 154 valence electrons. The zero-order valence-corrected chi connectivity index (χ0v) is 16.8. The highest BCUT2D eigenvalue weighted by Crippen LogP contribution is 2.44. The van der Waals surface area contributed by atoms with Crippen LogP contribution in [0.25, 0.3) is 0 Å². The SMILES string of the molecule is CCC(=O)N1CC2(CC(NC(=O)c3coc(C4CCCCC4)n3)c3nccn32)C1. The molecule has 2 aromatic heterocycles. The first kappa shape index (κ1) is 18.4. The van der Waals surface area contributed by atoms with Crippen LogP contribution in [0, 0.1) is 0 Å². The summed E-state index contributed by atoms with van der Waals surface area (Å²) in [5.74, 6) is 1.80. The van der Waals surface area contributed by atoms with Crippen LogP contribution in [0.5, 0.6) is 0 Å². The molecule has 8 nitrogen and oxygen atoms in total. The predicted molar refractivity (Wildman–Crippen MR) is 104 cm³/mol. The van der Waals surface area contributed by atoms with E-state index >= 15 is 0 Å². The number of rotatable bonds is 4. The molecule has 1 unspecified atom stereocenters. The zero-order chi connectivity index (χ0) is 20.0. The first-order chi connectivity index (χ1) is 14.1. The number of carbonyl (C=O) groups excluding carboxylic acids is 2. The Morgan fingerprint density at radius 3 is 2.83 bits per heavy atom. The van der Waals surface area contributed by atoms with Gasteiger partial charge in [-0.15, -0.1) is 0 Å². The molecule has 4 heterocycles. The summed E-state index contributed by atoms with van der Waals surface area (Å²) in [7, 11) is 0. The maximum atomic E-state index is 12.8. The molecule has 0 aromatic carbocycles. The Bertz CT molecular complexity index is 920. The van der Waals surface area contributed by atoms with Crippen LogP contribution in [0.3, 0.4) is 0 Å². The number of nitrogens with zero attached hydrogens (tertiary/aromatic N) is 4. The first-order valence-corrected chi connectivity index (χ1v) is 10.7. The molecule has 1 atom stereocenters. The molecule has 2 aliphatic heterocycles. The fraction of sp³-hybridized carbons (Fsp3) is 0.619. The van der Waals surface area contributed by atoms with Crippen molar-refractivity contribution in [1.29, 1.82) is 0 Å². The molecule has 2 amide bonds. The van der Waals surface area contributed by atoms with Gasteiger partial charge < -0.3 is 19.2 Å². The highest BCUT2D eigenvalue weighted by Gasteiger charge is 2.53. The van der Waals surface area contributed by atoms with Gasteiger partial charge in [-0.05, 0) is 12.8 Å². The van der Waals surface area contributed by atoms with E-state index in [1.54, 1.807) is 6.20 Å². The lowest BCUT2D eigenvalue weighted by Crippen LogP contribution is -2.62. The van der Waals surface area contributed by atoms with E-state index in [1.807, 2.05) is 18.0 Å². The van der Waals surface area contributed by atoms with Crippen LogP contribution in [0.4, 0.5) is 0 Å². The van der Waals surface area contributed by atoms with Gasteiger partial charge in [0.2, 0.25) is 5.91 Å². The largest absolute Gasteiger partial charge is 0.448 e. The summed E-state index contributed by atoms with van der Waals surface area (Å²) in [6, 6.07) is -0.189. The van der Waals surface area contributed by atoms with Crippen molar-refractivity contribution in [3.05, 3.63) is 36.1 Å². The average molecular weight is 397 g/mol. The van der Waals surface area contributed by atoms with E-state index in [-0.39, 0.29) is 23.4 Å². The van der Waals surface area contributed by atoms with Crippen LogP contribution in [0.2, 0.25) is 0 Å². The molecule has 1 saturated heterocycles. The van der Waals surface area contributed by atoms with Gasteiger partial charge in [0.15, 0.2) is 11.6 Å². The number of fused-ring (bicyclic) bond motifs is 2. The monoisotopic (exact) mass is 397 g/mol. The third kappa shape index (κ3) is 3.05. The van der Waals surface area contributed by atoms with E-state index in [9.17, 15) is 9.59 Å². The Kier molecular flexibility index (Phi) is 4.44. The van der Waals surface area contributed by atoms with Crippen LogP contribution in [0.15, 0.2) is 23.1 Å². The van der Waals surface area contributed by atoms with Gasteiger partial charge in [0.1, 0.15) is 12.1 Å². The second-order valence-electron chi connectivity index (χ2n) is 8.62. The molecule has 2 aromatic rings. The Labute approximate surface area is 169 Å². The van der Waals surface area contributed by atoms with Crippen LogP contribution in [-0.4, -0.2) is 44.3 Å². The molecule has 1 aliphatic carbocycles. The lowest BCUT2D eigenvalue weighted by Gasteiger charge is -2.49. The number of amides is 2. The zero-order valence-electron chi connectivity index (χ0n) is 16.8. The van der Waals surface area contributed by atoms with Crippen molar-refractivity contribution in [2.75, 3.05) is 13.1 Å². The number of likely N-dealkylation sites (tertiary alicyclic amines) is 1. The molecule has 2 fully saturated rings. The van der Waals surface area contributed by atoms with Crippen molar-refractivity contribution in [3.8, 4) is 0 Å². The summed E-state index contributed by atoms with van der Waals surface area (Å²) in [5.41, 5.74) is 0.173. The third-order valence-electron chi connectivity index (χ3n) is 6.72. The maximum Gasteiger partial charge on any atom is 0.273 e. The van der Waals surface area contributed by atoms with E-state index < -0.39 is 0 Å². The van der Waals surface area contributed by atoms with Gasteiger partial charge in [0, 0.05) is 44.2 Å². The van der Waals surface area contributed by atoms with Crippen molar-refractivity contribution in [3.63, 3.8) is 0 Å². The summed E-state index contributed by atoms with van der Waals surface area (Å²) >= 11 is 0. The summed E-state index contributed by atoms with van der Waals surface area (Å²) in [6.45, 7) is 3.23. The molecule has 8 heteroatoms. The molecule has 0 radical (unpaired) electrons. The van der Waals surface area contributed by atoms with E-state index in [1.165, 1.54) is 25.5 Å². The lowest BCUT2D eigenvalue weighted by molar-refractivity contribution is -0.141. The van der Waals surface area contributed by atoms with Gasteiger partial charge >= 0.3 is 0 Å². The first-order valence-electron chi connectivity index (χ1n) is 10.7. The number of nitrogens with one attached hydrogen (secondary N) is 1. The standard InChI is InChI=1S/C21H27N5O3/c1-2-17(27)25-12-21(13-25)10-15(18-22-8-9-26(18)21)23-19(28)16-11-29-20(24-16)14-6-4-3-5-7-14/h8-9,11,14-15H,2-7,10,12-13H2,1H3,(H,23,28). The molecule has 1 saturated carbocycles. The van der Waals surface area contributed by atoms with Gasteiger partial charge in [0.25, 0.3) is 5.91 Å². The second-order valence-corrected chi connectivity index (χ2v) is 8.62. The van der Waals surface area contributed by atoms with Crippen molar-refractivity contribution in [2.45, 2.75) is 69.4 Å². The van der Waals surface area contributed by atoms with Crippen LogP contribution < -0.4 is 5.32 Å². The number of hydrogen-bond donors (Lipinski definition) is 1. The molecule has 1 spiro atoms. The smallest absolute Gasteiger partial charge is 0.273 e. The number of imidazole rings is 1. The Morgan fingerprint density at radius 2 is 2.07 bits per heavy atom. The number of oxazole rings is 1. The van der Waals surface area contributed by atoms with Gasteiger partial charge in [-0.1, -0.05) is 26.2 Å². The summed E-state index contributed by atoms with van der Waals surface area (Å²) in [6.07, 6.45) is 12.3. The fourth-order valence-corrected chi connectivity index (χ4v) is 5.17. The van der Waals surface area contributed by atoms with E-state index in [2.05, 4.69) is 19.9 Å². The van der Waals surface area contributed by atoms with Crippen molar-refractivity contribution < 1.29 is 14.0 Å². The Balaban J connectivity index is 1.27. The molecule has 5 rings (SSSR count). The molecule has 3 aliphatic rings. The van der Waals surface area contributed by atoms with E-state index in [0.717, 1.165) is 25.1 Å². The topological polar surface area (TPSA) is 93.3 Å². The van der Waals surface area contributed by atoms with Crippen LogP contribution >= 0.6 is 0 Å². The van der Waals surface area contributed by atoms with Gasteiger partial charge in [-0.2, -0.15) is 0 Å². The van der Waals surface area contributed by atoms with E-state index in [4.69, 9.17) is 4.42 Å². The van der Waals surface area contributed by atoms with Crippen LogP contribution in [-0.2, 0) is 10.3 Å². The molecule has 0 bridgehead atoms. The van der Waals surface area contributed by atoms with Crippen LogP contribution in [0.1, 0.15) is 86.0 Å². The van der Waals surface area contributed by atoms with Gasteiger partial charge in [-0.3, -0.25) is 9.59 Å². The third-order valence-corrected chi connectivity index (χ3v) is 6.72. The highest BCUT2D eigenvalue weighted by molar-refractivity contribution is 5.92.